The third-order valence-electron chi connectivity index (χ3n) is 7.01. The zero-order valence-electron chi connectivity index (χ0n) is 20.9. The maximum Gasteiger partial charge on any atom is 0.409 e. The number of fused-ring (bicyclic) bond motifs is 2. The Kier molecular flexibility index (Phi) is 8.33. The summed E-state index contributed by atoms with van der Waals surface area (Å²) >= 11 is 4.60. The van der Waals surface area contributed by atoms with Crippen molar-refractivity contribution in [2.24, 2.45) is 22.7 Å². The number of hydrogen-bond donors (Lipinski definition) is 1. The molecule has 4 atom stereocenters. The van der Waals surface area contributed by atoms with Crippen molar-refractivity contribution in [3.8, 4) is 23.7 Å². The summed E-state index contributed by atoms with van der Waals surface area (Å²) in [5.41, 5.74) is 1.20. The Morgan fingerprint density at radius 1 is 0.973 bits per heavy atom. The number of carbonyl (C=O) groups is 2. The van der Waals surface area contributed by atoms with Crippen LogP contribution in [0.2, 0.25) is 0 Å². The Bertz CT molecular complexity index is 1240. The minimum absolute atomic E-state index is 0.00822. The summed E-state index contributed by atoms with van der Waals surface area (Å²) in [6.07, 6.45) is 5.64. The van der Waals surface area contributed by atoms with E-state index >= 15 is 0 Å². The number of methoxy groups -OCH3 is 2. The predicted molar refractivity (Wildman–Crippen MR) is 138 cm³/mol. The van der Waals surface area contributed by atoms with E-state index in [9.17, 15) is 9.59 Å². The number of halogens is 1. The smallest absolute Gasteiger partial charge is 0.409 e. The topological polar surface area (TPSA) is 93.7 Å². The normalized spacial score (nSPS) is 27.1. The van der Waals surface area contributed by atoms with Gasteiger partial charge in [-0.3, -0.25) is 0 Å². The predicted octanol–water partition coefficient (Wildman–Crippen LogP) is 3.56. The third-order valence-corrected chi connectivity index (χ3v) is 7.17. The molecule has 0 aromatic carbocycles. The first-order valence-electron chi connectivity index (χ1n) is 12.1. The first kappa shape index (κ1) is 26.5. The van der Waals surface area contributed by atoms with Gasteiger partial charge in [-0.2, -0.15) is 0 Å². The summed E-state index contributed by atoms with van der Waals surface area (Å²) in [7, 11) is 2.63. The maximum absolute atomic E-state index is 11.4. The van der Waals surface area contributed by atoms with Gasteiger partial charge in [0.25, 0.3) is 0 Å². The van der Waals surface area contributed by atoms with Gasteiger partial charge in [0, 0.05) is 49.0 Å². The first-order chi connectivity index (χ1) is 17.9. The summed E-state index contributed by atoms with van der Waals surface area (Å²) in [6, 6.07) is 11.6. The number of carbonyl (C=O) groups excluding carboxylic acids is 2. The molecule has 4 aliphatic rings. The second kappa shape index (κ2) is 11.6. The van der Waals surface area contributed by atoms with E-state index in [4.69, 9.17) is 4.74 Å². The quantitative estimate of drug-likeness (QED) is 0.419. The highest BCUT2D eigenvalue weighted by atomic mass is 35.5. The average molecular weight is 521 g/mol. The van der Waals surface area contributed by atoms with Crippen molar-refractivity contribution in [3.05, 3.63) is 60.2 Å². The number of ether oxygens (including phenoxy) is 2. The average Bonchev–Trinajstić information content (AvgIpc) is 3.72. The van der Waals surface area contributed by atoms with Gasteiger partial charge < -0.3 is 19.7 Å². The molecular formula is C28H29ClN4O4. The third kappa shape index (κ3) is 6.80. The second-order valence-electron chi connectivity index (χ2n) is 9.47. The highest BCUT2D eigenvalue weighted by Crippen LogP contribution is 2.57. The summed E-state index contributed by atoms with van der Waals surface area (Å²) in [5.74, 6) is 14.3. The number of nitrogens with one attached hydrogen (secondary N) is 1. The van der Waals surface area contributed by atoms with Gasteiger partial charge in [-0.25, -0.2) is 19.6 Å². The van der Waals surface area contributed by atoms with E-state index in [2.05, 4.69) is 55.3 Å². The van der Waals surface area contributed by atoms with Crippen molar-refractivity contribution in [3.63, 3.8) is 0 Å². The lowest BCUT2D eigenvalue weighted by molar-refractivity contribution is 0.127. The van der Waals surface area contributed by atoms with E-state index < -0.39 is 5.43 Å². The second-order valence-corrected chi connectivity index (χ2v) is 9.78. The van der Waals surface area contributed by atoms with Gasteiger partial charge in [0.15, 0.2) is 0 Å². The van der Waals surface area contributed by atoms with Crippen molar-refractivity contribution in [1.82, 2.24) is 20.2 Å². The molecular weight excluding hydrogens is 492 g/mol. The Hall–Kier alpha value is -3.59. The molecule has 2 aromatic heterocycles. The molecule has 2 aliphatic heterocycles. The van der Waals surface area contributed by atoms with Crippen LogP contribution in [0.25, 0.3) is 0 Å². The lowest BCUT2D eigenvalue weighted by Gasteiger charge is -2.16. The molecule has 1 amide bonds. The summed E-state index contributed by atoms with van der Waals surface area (Å²) in [4.78, 5) is 30.9. The number of rotatable bonds is 0. The van der Waals surface area contributed by atoms with Crippen LogP contribution in [-0.2, 0) is 9.47 Å². The molecule has 4 unspecified atom stereocenters. The highest BCUT2D eigenvalue weighted by molar-refractivity contribution is 6.61. The van der Waals surface area contributed by atoms with Gasteiger partial charge >= 0.3 is 11.5 Å². The van der Waals surface area contributed by atoms with Crippen molar-refractivity contribution < 1.29 is 19.1 Å². The molecule has 0 bridgehead atoms. The molecule has 2 aliphatic carbocycles. The lowest BCUT2D eigenvalue weighted by Crippen LogP contribution is -2.31. The molecule has 4 heterocycles. The maximum atomic E-state index is 11.4. The van der Waals surface area contributed by atoms with Gasteiger partial charge in [-0.1, -0.05) is 24.0 Å². The lowest BCUT2D eigenvalue weighted by atomic mass is 10.1. The van der Waals surface area contributed by atoms with E-state index in [0.717, 1.165) is 43.4 Å². The van der Waals surface area contributed by atoms with Crippen LogP contribution >= 0.6 is 11.6 Å². The molecule has 4 fully saturated rings. The standard InChI is InChI=1S/C14H14N2O2.C12H12N2.C2H3ClO2/c1-18-13(17)16-9-11-8-14(11,10-16)6-5-12-4-2-3-7-15-12;1-2-6-14-11(3-1)4-5-12-7-10(12)8-13-9-12;1-5-2(3)4/h2-4,7,11H,8-10H2,1H3;1-3,6,10,13H,7-9H2;1H3. The summed E-state index contributed by atoms with van der Waals surface area (Å²) in [6.45, 7) is 3.67. The number of nitrogens with zero attached hydrogens (tertiary/aromatic N) is 3. The van der Waals surface area contributed by atoms with Crippen LogP contribution < -0.4 is 5.32 Å². The van der Waals surface area contributed by atoms with Crippen molar-refractivity contribution in [1.29, 1.82) is 0 Å². The van der Waals surface area contributed by atoms with Gasteiger partial charge in [0.05, 0.1) is 19.6 Å². The van der Waals surface area contributed by atoms with Crippen LogP contribution in [0.15, 0.2) is 48.8 Å². The van der Waals surface area contributed by atoms with E-state index in [0.29, 0.717) is 17.9 Å². The molecule has 192 valence electrons. The van der Waals surface area contributed by atoms with Crippen LogP contribution in [0.3, 0.4) is 0 Å². The SMILES string of the molecule is C(#CC12CNCC1C2)c1ccccn1.COC(=O)Cl.COC(=O)N1CC2CC2(C#Cc2ccccn2)C1. The van der Waals surface area contributed by atoms with Crippen molar-refractivity contribution in [2.45, 2.75) is 12.8 Å². The van der Waals surface area contributed by atoms with E-state index in [1.807, 2.05) is 36.4 Å². The molecule has 37 heavy (non-hydrogen) atoms. The number of pyridine rings is 2. The summed E-state index contributed by atoms with van der Waals surface area (Å²) < 4.78 is 8.61. The fraction of sp³-hybridized carbons (Fsp3) is 0.429. The molecule has 8 nitrogen and oxygen atoms in total. The molecule has 6 rings (SSSR count). The zero-order chi connectivity index (χ0) is 26.3. The Balaban J connectivity index is 0.000000150. The largest absolute Gasteiger partial charge is 0.457 e. The van der Waals surface area contributed by atoms with Crippen LogP contribution in [0.1, 0.15) is 24.2 Å². The van der Waals surface area contributed by atoms with Gasteiger partial charge in [-0.15, -0.1) is 0 Å². The van der Waals surface area contributed by atoms with Gasteiger partial charge in [0.1, 0.15) is 11.4 Å². The Morgan fingerprint density at radius 3 is 2.03 bits per heavy atom. The van der Waals surface area contributed by atoms with Crippen LogP contribution in [-0.4, -0.2) is 66.8 Å². The molecule has 0 spiro atoms. The fourth-order valence-electron chi connectivity index (χ4n) is 4.73. The van der Waals surface area contributed by atoms with Crippen LogP contribution in [0.4, 0.5) is 9.59 Å². The minimum atomic E-state index is -0.773. The molecule has 2 saturated carbocycles. The van der Waals surface area contributed by atoms with E-state index in [1.165, 1.54) is 20.6 Å². The molecule has 2 aromatic rings. The minimum Gasteiger partial charge on any atom is -0.457 e. The van der Waals surface area contributed by atoms with E-state index in [1.54, 1.807) is 17.3 Å². The first-order valence-corrected chi connectivity index (χ1v) is 12.4. The summed E-state index contributed by atoms with van der Waals surface area (Å²) in [5, 5.41) is 3.38. The van der Waals surface area contributed by atoms with Gasteiger partial charge in [0.2, 0.25) is 0 Å². The fourth-order valence-corrected chi connectivity index (χ4v) is 4.73. The molecule has 2 saturated heterocycles. The number of piperidine rings is 2. The Morgan fingerprint density at radius 2 is 1.57 bits per heavy atom. The molecule has 0 radical (unpaired) electrons. The highest BCUT2D eigenvalue weighted by Gasteiger charge is 2.60. The van der Waals surface area contributed by atoms with Crippen molar-refractivity contribution >= 4 is 23.1 Å². The van der Waals surface area contributed by atoms with Crippen molar-refractivity contribution in [2.75, 3.05) is 40.4 Å². The van der Waals surface area contributed by atoms with Gasteiger partial charge in [-0.05, 0) is 67.3 Å². The molecule has 1 N–H and O–H groups in total. The number of amides is 1. The Labute approximate surface area is 222 Å². The number of likely N-dealkylation sites (tertiary alicyclic amines) is 1. The molecule has 9 heteroatoms. The van der Waals surface area contributed by atoms with Crippen LogP contribution in [0, 0.1) is 46.3 Å². The van der Waals surface area contributed by atoms with Crippen LogP contribution in [0.5, 0.6) is 0 Å². The zero-order valence-corrected chi connectivity index (χ0v) is 21.6. The number of aromatic nitrogens is 2. The number of hydrogen-bond acceptors (Lipinski definition) is 7. The monoisotopic (exact) mass is 520 g/mol. The van der Waals surface area contributed by atoms with E-state index in [-0.39, 0.29) is 11.5 Å².